The maximum absolute atomic E-state index is 4.39. The van der Waals surface area contributed by atoms with Gasteiger partial charge in [-0.05, 0) is 28.8 Å². The zero-order valence-corrected chi connectivity index (χ0v) is 12.2. The second kappa shape index (κ2) is 5.96. The Balaban J connectivity index is 2.14. The minimum atomic E-state index is 0.624. The summed E-state index contributed by atoms with van der Waals surface area (Å²) in [5.41, 5.74) is 0. The number of nitrogens with zero attached hydrogens (tertiary/aromatic N) is 3. The van der Waals surface area contributed by atoms with E-state index in [4.69, 9.17) is 0 Å². The van der Waals surface area contributed by atoms with Gasteiger partial charge in [-0.3, -0.25) is 0 Å². The molecule has 0 aliphatic heterocycles. The molecule has 0 radical (unpaired) electrons. The Hall–Kier alpha value is -0.160. The quantitative estimate of drug-likeness (QED) is 0.781. The van der Waals surface area contributed by atoms with Gasteiger partial charge in [-0.15, -0.1) is 0 Å². The second-order valence-electron chi connectivity index (χ2n) is 4.02. The van der Waals surface area contributed by atoms with Crippen molar-refractivity contribution in [1.82, 2.24) is 9.97 Å². The smallest absolute Gasteiger partial charge is 0.225 e. The lowest BCUT2D eigenvalue weighted by Gasteiger charge is -2.28. The van der Waals surface area contributed by atoms with Gasteiger partial charge in [0.25, 0.3) is 0 Å². The van der Waals surface area contributed by atoms with Gasteiger partial charge in [-0.1, -0.05) is 28.8 Å². The van der Waals surface area contributed by atoms with Crippen molar-refractivity contribution in [1.29, 1.82) is 0 Å². The molecule has 5 heteroatoms. The molecule has 88 valence electrons. The molecular weight excluding hydrogens is 334 g/mol. The van der Waals surface area contributed by atoms with Crippen molar-refractivity contribution in [2.45, 2.75) is 31.7 Å². The van der Waals surface area contributed by atoms with Gasteiger partial charge in [-0.25, -0.2) is 9.97 Å². The minimum Gasteiger partial charge on any atom is -0.337 e. The highest BCUT2D eigenvalue weighted by molar-refractivity contribution is 9.10. The third kappa shape index (κ3) is 2.94. The maximum Gasteiger partial charge on any atom is 0.225 e. The van der Waals surface area contributed by atoms with Crippen LogP contribution in [0.2, 0.25) is 0 Å². The van der Waals surface area contributed by atoms with Crippen LogP contribution in [0.3, 0.4) is 0 Å². The summed E-state index contributed by atoms with van der Waals surface area (Å²) in [6.45, 7) is 0.978. The van der Waals surface area contributed by atoms with E-state index in [0.29, 0.717) is 6.04 Å². The second-order valence-corrected chi connectivity index (χ2v) is 5.73. The Bertz CT molecular complexity index is 323. The molecular formula is C11H15Br2N3. The number of hydrogen-bond donors (Lipinski definition) is 0. The fourth-order valence-corrected chi connectivity index (χ4v) is 2.79. The van der Waals surface area contributed by atoms with E-state index in [1.54, 1.807) is 0 Å². The Kier molecular flexibility index (Phi) is 4.58. The third-order valence-electron chi connectivity index (χ3n) is 2.95. The molecule has 0 N–H and O–H groups in total. The Morgan fingerprint density at radius 1 is 1.25 bits per heavy atom. The van der Waals surface area contributed by atoms with Crippen molar-refractivity contribution in [3.63, 3.8) is 0 Å². The first kappa shape index (κ1) is 12.3. The Morgan fingerprint density at radius 3 is 2.44 bits per heavy atom. The van der Waals surface area contributed by atoms with Crippen LogP contribution in [0.25, 0.3) is 0 Å². The fourth-order valence-electron chi connectivity index (χ4n) is 2.21. The van der Waals surface area contributed by atoms with Crippen LogP contribution < -0.4 is 4.90 Å². The fraction of sp³-hybridized carbons (Fsp3) is 0.636. The van der Waals surface area contributed by atoms with Crippen molar-refractivity contribution in [3.8, 4) is 0 Å². The van der Waals surface area contributed by atoms with Gasteiger partial charge < -0.3 is 4.90 Å². The maximum atomic E-state index is 4.39. The van der Waals surface area contributed by atoms with Crippen molar-refractivity contribution in [2.75, 3.05) is 16.8 Å². The largest absolute Gasteiger partial charge is 0.337 e. The normalized spacial score (nSPS) is 16.6. The van der Waals surface area contributed by atoms with Crippen molar-refractivity contribution >= 4 is 37.8 Å². The van der Waals surface area contributed by atoms with Crippen LogP contribution in [0, 0.1) is 0 Å². The first-order valence-electron chi connectivity index (χ1n) is 5.61. The van der Waals surface area contributed by atoms with E-state index in [1.807, 2.05) is 12.4 Å². The summed E-state index contributed by atoms with van der Waals surface area (Å²) in [7, 11) is 0. The number of rotatable bonds is 4. The highest BCUT2D eigenvalue weighted by Gasteiger charge is 2.23. The van der Waals surface area contributed by atoms with Crippen LogP contribution in [0.15, 0.2) is 16.9 Å². The molecule has 0 spiro atoms. The summed E-state index contributed by atoms with van der Waals surface area (Å²) < 4.78 is 0.932. The number of hydrogen-bond acceptors (Lipinski definition) is 3. The van der Waals surface area contributed by atoms with E-state index in [-0.39, 0.29) is 0 Å². The lowest BCUT2D eigenvalue weighted by atomic mass is 10.2. The van der Waals surface area contributed by atoms with Crippen molar-refractivity contribution in [3.05, 3.63) is 16.9 Å². The summed E-state index contributed by atoms with van der Waals surface area (Å²) in [5, 5.41) is 0.961. The van der Waals surface area contributed by atoms with Gasteiger partial charge in [0, 0.05) is 30.3 Å². The van der Waals surface area contributed by atoms with E-state index < -0.39 is 0 Å². The first-order chi connectivity index (χ1) is 7.81. The van der Waals surface area contributed by atoms with E-state index in [0.717, 1.165) is 22.3 Å². The molecule has 3 nitrogen and oxygen atoms in total. The first-order valence-corrected chi connectivity index (χ1v) is 7.53. The molecule has 1 aromatic heterocycles. The summed E-state index contributed by atoms with van der Waals surface area (Å²) in [6.07, 6.45) is 8.84. The molecule has 1 fully saturated rings. The molecule has 0 unspecified atom stereocenters. The van der Waals surface area contributed by atoms with Crippen LogP contribution in [0.5, 0.6) is 0 Å². The molecule has 1 aromatic rings. The molecule has 1 aliphatic carbocycles. The predicted molar refractivity (Wildman–Crippen MR) is 73.1 cm³/mol. The van der Waals surface area contributed by atoms with Crippen molar-refractivity contribution < 1.29 is 0 Å². The minimum absolute atomic E-state index is 0.624. The lowest BCUT2D eigenvalue weighted by Crippen LogP contribution is -2.36. The number of halogens is 2. The van der Waals surface area contributed by atoms with Gasteiger partial charge in [0.15, 0.2) is 0 Å². The predicted octanol–water partition coefficient (Wildman–Crippen LogP) is 3.38. The van der Waals surface area contributed by atoms with Gasteiger partial charge in [-0.2, -0.15) is 0 Å². The van der Waals surface area contributed by atoms with Gasteiger partial charge in [0.05, 0.1) is 4.47 Å². The Labute approximate surface area is 113 Å². The molecule has 1 aliphatic rings. The average Bonchev–Trinajstić information content (AvgIpc) is 2.81. The van der Waals surface area contributed by atoms with Crippen LogP contribution >= 0.6 is 31.9 Å². The topological polar surface area (TPSA) is 29.0 Å². The van der Waals surface area contributed by atoms with E-state index in [2.05, 4.69) is 46.7 Å². The van der Waals surface area contributed by atoms with Crippen LogP contribution in [0.4, 0.5) is 5.95 Å². The van der Waals surface area contributed by atoms with Crippen LogP contribution in [0.1, 0.15) is 25.7 Å². The average molecular weight is 349 g/mol. The number of alkyl halides is 1. The highest BCUT2D eigenvalue weighted by Crippen LogP contribution is 2.26. The molecule has 0 saturated heterocycles. The zero-order chi connectivity index (χ0) is 11.4. The van der Waals surface area contributed by atoms with Gasteiger partial charge in [0.1, 0.15) is 0 Å². The number of aromatic nitrogens is 2. The summed E-state index contributed by atoms with van der Waals surface area (Å²) in [6, 6.07) is 0.624. The molecule has 1 saturated carbocycles. The molecule has 2 rings (SSSR count). The SMILES string of the molecule is BrCCN(c1ncc(Br)cn1)C1CCCC1. The van der Waals surface area contributed by atoms with E-state index >= 15 is 0 Å². The van der Waals surface area contributed by atoms with Crippen LogP contribution in [-0.2, 0) is 0 Å². The summed E-state index contributed by atoms with van der Waals surface area (Å²) in [4.78, 5) is 11.1. The third-order valence-corrected chi connectivity index (χ3v) is 3.72. The van der Waals surface area contributed by atoms with Crippen molar-refractivity contribution in [2.24, 2.45) is 0 Å². The highest BCUT2D eigenvalue weighted by atomic mass is 79.9. The standard InChI is InChI=1S/C11H15Br2N3/c12-5-6-16(10-3-1-2-4-10)11-14-7-9(13)8-15-11/h7-8,10H,1-6H2. The van der Waals surface area contributed by atoms with E-state index in [9.17, 15) is 0 Å². The summed E-state index contributed by atoms with van der Waals surface area (Å²) >= 11 is 6.87. The lowest BCUT2D eigenvalue weighted by molar-refractivity contribution is 0.607. The molecule has 1 heterocycles. The molecule has 0 aromatic carbocycles. The molecule has 0 amide bonds. The van der Waals surface area contributed by atoms with E-state index in [1.165, 1.54) is 25.7 Å². The molecule has 0 bridgehead atoms. The van der Waals surface area contributed by atoms with Gasteiger partial charge in [0.2, 0.25) is 5.95 Å². The summed E-state index contributed by atoms with van der Waals surface area (Å²) in [5.74, 6) is 0.856. The number of anilines is 1. The zero-order valence-electron chi connectivity index (χ0n) is 9.07. The van der Waals surface area contributed by atoms with Crippen LogP contribution in [-0.4, -0.2) is 27.9 Å². The van der Waals surface area contributed by atoms with Gasteiger partial charge >= 0.3 is 0 Å². The Morgan fingerprint density at radius 2 is 1.88 bits per heavy atom. The molecule has 16 heavy (non-hydrogen) atoms. The molecule has 0 atom stereocenters. The monoisotopic (exact) mass is 347 g/mol.